The summed E-state index contributed by atoms with van der Waals surface area (Å²) in [5.41, 5.74) is 4.77. The number of fused-ring (bicyclic) bond motifs is 7. The third kappa shape index (κ3) is 1.40. The van der Waals surface area contributed by atoms with Gasteiger partial charge < -0.3 is 4.90 Å². The molecule has 1 unspecified atom stereocenters. The van der Waals surface area contributed by atoms with Crippen LogP contribution in [0.15, 0.2) is 35.7 Å². The molecule has 0 aliphatic carbocycles. The first kappa shape index (κ1) is 15.0. The summed E-state index contributed by atoms with van der Waals surface area (Å²) in [7, 11) is 0. The van der Waals surface area contributed by atoms with Gasteiger partial charge in [-0.3, -0.25) is 0 Å². The molecule has 1 atom stereocenters. The smallest absolute Gasteiger partial charge is 0.0872 e. The fraction of sp³-hybridized carbons (Fsp3) is 0.429. The number of thiophene rings is 2. The summed E-state index contributed by atoms with van der Waals surface area (Å²) in [5, 5.41) is 3.75. The standard InChI is InChI=1S/C21H23NS2/c1-19(2)14-8-6-7-9-15(14)22-12-16-17(21(22,5)20(19,3)4)13-10-11-23-18(13)24-16/h6-11H,12H2,1-5H3. The molecule has 0 N–H and O–H groups in total. The highest BCUT2D eigenvalue weighted by Gasteiger charge is 2.62. The van der Waals surface area contributed by atoms with Crippen molar-refractivity contribution in [2.45, 2.75) is 52.1 Å². The van der Waals surface area contributed by atoms with Gasteiger partial charge in [-0.1, -0.05) is 45.9 Å². The number of rotatable bonds is 0. The van der Waals surface area contributed by atoms with Gasteiger partial charge in [0.2, 0.25) is 0 Å². The van der Waals surface area contributed by atoms with Crippen molar-refractivity contribution in [2.24, 2.45) is 5.41 Å². The van der Waals surface area contributed by atoms with Crippen molar-refractivity contribution in [2.75, 3.05) is 4.90 Å². The molecule has 124 valence electrons. The normalized spacial score (nSPS) is 26.3. The molecule has 4 heterocycles. The van der Waals surface area contributed by atoms with E-state index in [0.717, 1.165) is 6.54 Å². The van der Waals surface area contributed by atoms with Crippen LogP contribution in [0.5, 0.6) is 0 Å². The maximum atomic E-state index is 2.69. The lowest BCUT2D eigenvalue weighted by Crippen LogP contribution is -2.61. The molecular formula is C21H23NS2. The van der Waals surface area contributed by atoms with Crippen LogP contribution in [0.4, 0.5) is 5.69 Å². The fourth-order valence-electron chi connectivity index (χ4n) is 5.11. The van der Waals surface area contributed by atoms with E-state index in [2.05, 4.69) is 75.2 Å². The second-order valence-corrected chi connectivity index (χ2v) is 10.7. The van der Waals surface area contributed by atoms with E-state index in [1.165, 1.54) is 20.7 Å². The molecule has 3 heteroatoms. The van der Waals surface area contributed by atoms with Gasteiger partial charge in [0.05, 0.1) is 16.1 Å². The Hall–Kier alpha value is -1.32. The topological polar surface area (TPSA) is 3.24 Å². The Labute approximate surface area is 151 Å². The van der Waals surface area contributed by atoms with Gasteiger partial charge in [0.25, 0.3) is 0 Å². The van der Waals surface area contributed by atoms with E-state index in [0.29, 0.717) is 0 Å². The quantitative estimate of drug-likeness (QED) is 0.445. The molecule has 5 rings (SSSR count). The Morgan fingerprint density at radius 2 is 1.75 bits per heavy atom. The second kappa shape index (κ2) is 4.25. The summed E-state index contributed by atoms with van der Waals surface area (Å²) in [6.07, 6.45) is 0. The lowest BCUT2D eigenvalue weighted by Gasteiger charge is -2.61. The van der Waals surface area contributed by atoms with Gasteiger partial charge in [0.15, 0.2) is 0 Å². The zero-order chi connectivity index (χ0) is 16.9. The Bertz CT molecular complexity index is 975. The summed E-state index contributed by atoms with van der Waals surface area (Å²) in [6, 6.07) is 11.4. The summed E-state index contributed by atoms with van der Waals surface area (Å²) in [4.78, 5) is 4.26. The zero-order valence-electron chi connectivity index (χ0n) is 14.9. The van der Waals surface area contributed by atoms with Crippen LogP contribution in [-0.4, -0.2) is 0 Å². The maximum absolute atomic E-state index is 2.69. The molecule has 1 nitrogen and oxygen atoms in total. The SMILES string of the molecule is CC1(C)c2ccccc2N2Cc3sc4sccc4c3C2(C)C1(C)C. The molecule has 0 saturated heterocycles. The van der Waals surface area contributed by atoms with E-state index >= 15 is 0 Å². The number of nitrogens with zero attached hydrogens (tertiary/aromatic N) is 1. The van der Waals surface area contributed by atoms with Gasteiger partial charge >= 0.3 is 0 Å². The molecule has 2 aliphatic rings. The molecule has 0 fully saturated rings. The zero-order valence-corrected chi connectivity index (χ0v) is 16.6. The molecule has 0 spiro atoms. The van der Waals surface area contributed by atoms with E-state index in [1.807, 2.05) is 22.7 Å². The molecular weight excluding hydrogens is 330 g/mol. The largest absolute Gasteiger partial charge is 0.356 e. The van der Waals surface area contributed by atoms with Gasteiger partial charge in [-0.15, -0.1) is 22.7 Å². The van der Waals surface area contributed by atoms with Crippen LogP contribution < -0.4 is 4.90 Å². The van der Waals surface area contributed by atoms with Crippen LogP contribution in [0.25, 0.3) is 9.40 Å². The van der Waals surface area contributed by atoms with E-state index in [4.69, 9.17) is 0 Å². The first-order valence-electron chi connectivity index (χ1n) is 8.66. The first-order chi connectivity index (χ1) is 11.3. The second-order valence-electron chi connectivity index (χ2n) is 8.45. The van der Waals surface area contributed by atoms with Crippen LogP contribution in [0.3, 0.4) is 0 Å². The van der Waals surface area contributed by atoms with Crippen LogP contribution in [-0.2, 0) is 17.5 Å². The molecule has 2 aromatic heterocycles. The van der Waals surface area contributed by atoms with E-state index in [1.54, 1.807) is 10.4 Å². The molecule has 0 saturated carbocycles. The van der Waals surface area contributed by atoms with Crippen molar-refractivity contribution >= 4 is 37.8 Å². The lowest BCUT2D eigenvalue weighted by atomic mass is 9.51. The molecule has 0 bridgehead atoms. The van der Waals surface area contributed by atoms with Gasteiger partial charge in [-0.2, -0.15) is 0 Å². The average molecular weight is 354 g/mol. The van der Waals surface area contributed by atoms with Crippen molar-refractivity contribution in [1.29, 1.82) is 0 Å². The Balaban J connectivity index is 1.90. The molecule has 24 heavy (non-hydrogen) atoms. The Morgan fingerprint density at radius 1 is 1.00 bits per heavy atom. The molecule has 1 aromatic carbocycles. The highest BCUT2D eigenvalue weighted by atomic mass is 32.2. The average Bonchev–Trinajstić information content (AvgIpc) is 3.17. The van der Waals surface area contributed by atoms with E-state index in [-0.39, 0.29) is 16.4 Å². The first-order valence-corrected chi connectivity index (χ1v) is 10.4. The van der Waals surface area contributed by atoms with Crippen LogP contribution >= 0.6 is 22.7 Å². The summed E-state index contributed by atoms with van der Waals surface area (Å²) < 4.78 is 1.49. The van der Waals surface area contributed by atoms with Crippen LogP contribution in [0, 0.1) is 5.41 Å². The number of para-hydroxylation sites is 1. The third-order valence-corrected chi connectivity index (χ3v) is 9.60. The maximum Gasteiger partial charge on any atom is 0.0872 e. The van der Waals surface area contributed by atoms with Gasteiger partial charge in [-0.05, 0) is 35.4 Å². The minimum Gasteiger partial charge on any atom is -0.356 e. The Morgan fingerprint density at radius 3 is 2.54 bits per heavy atom. The van der Waals surface area contributed by atoms with Crippen LogP contribution in [0.2, 0.25) is 0 Å². The van der Waals surface area contributed by atoms with Gasteiger partial charge in [0.1, 0.15) is 0 Å². The highest BCUT2D eigenvalue weighted by molar-refractivity contribution is 7.37. The number of hydrogen-bond donors (Lipinski definition) is 0. The predicted octanol–water partition coefficient (Wildman–Crippen LogP) is 6.52. The molecule has 0 radical (unpaired) electrons. The number of benzene rings is 1. The minimum absolute atomic E-state index is 0.0273. The fourth-order valence-corrected chi connectivity index (χ4v) is 7.51. The number of hydrogen-bond acceptors (Lipinski definition) is 3. The third-order valence-electron chi connectivity index (χ3n) is 7.37. The van der Waals surface area contributed by atoms with Crippen molar-refractivity contribution in [1.82, 2.24) is 0 Å². The van der Waals surface area contributed by atoms with E-state index in [9.17, 15) is 0 Å². The van der Waals surface area contributed by atoms with Gasteiger partial charge in [0, 0.05) is 26.9 Å². The lowest BCUT2D eigenvalue weighted by molar-refractivity contribution is 0.0694. The van der Waals surface area contributed by atoms with Gasteiger partial charge in [-0.25, -0.2) is 0 Å². The van der Waals surface area contributed by atoms with Crippen molar-refractivity contribution in [3.05, 3.63) is 51.7 Å². The summed E-state index contributed by atoms with van der Waals surface area (Å²) in [5.74, 6) is 0. The van der Waals surface area contributed by atoms with Crippen molar-refractivity contribution in [3.63, 3.8) is 0 Å². The summed E-state index contributed by atoms with van der Waals surface area (Å²) in [6.45, 7) is 13.4. The monoisotopic (exact) mass is 353 g/mol. The summed E-state index contributed by atoms with van der Waals surface area (Å²) >= 11 is 3.91. The van der Waals surface area contributed by atoms with Crippen molar-refractivity contribution < 1.29 is 0 Å². The van der Waals surface area contributed by atoms with E-state index < -0.39 is 0 Å². The predicted molar refractivity (Wildman–Crippen MR) is 106 cm³/mol. The molecule has 3 aromatic rings. The highest BCUT2D eigenvalue weighted by Crippen LogP contribution is 2.66. The van der Waals surface area contributed by atoms with Crippen molar-refractivity contribution in [3.8, 4) is 0 Å². The molecule has 2 aliphatic heterocycles. The minimum atomic E-state index is 0.0273. The molecule has 0 amide bonds. The number of anilines is 1. The Kier molecular flexibility index (Phi) is 2.66. The van der Waals surface area contributed by atoms with Crippen LogP contribution in [0.1, 0.15) is 50.6 Å².